The second kappa shape index (κ2) is 14.8. The molecule has 1 radical (unpaired) electrons. The second-order valence-corrected chi connectivity index (χ2v) is 11.7. The monoisotopic (exact) mass is 671 g/mol. The van der Waals surface area contributed by atoms with Crippen molar-refractivity contribution < 1.29 is 120 Å². The van der Waals surface area contributed by atoms with E-state index in [1.54, 1.807) is 0 Å². The Hall–Kier alpha value is -0.901. The molecule has 0 saturated carbocycles. The maximum Gasteiger partial charge on any atom is 1.00 e. The van der Waals surface area contributed by atoms with E-state index in [1.807, 2.05) is 0 Å². The molecule has 4 N–H and O–H groups in total. The fourth-order valence-electron chi connectivity index (χ4n) is 2.85. The molecule has 0 aliphatic heterocycles. The summed E-state index contributed by atoms with van der Waals surface area (Å²) in [4.78, 5) is 12.0. The number of aromatic amines is 1. The largest absolute Gasteiger partial charge is 1.00 e. The van der Waals surface area contributed by atoms with Crippen LogP contribution < -0.4 is 64.7 Å². The van der Waals surface area contributed by atoms with Gasteiger partial charge in [-0.3, -0.25) is 19.0 Å². The summed E-state index contributed by atoms with van der Waals surface area (Å²) in [6.07, 6.45) is 0. The molecule has 205 valence electrons. The van der Waals surface area contributed by atoms with Gasteiger partial charge in [-0.15, -0.1) is 10.2 Å². The van der Waals surface area contributed by atoms with Crippen molar-refractivity contribution >= 4 is 41.7 Å². The summed E-state index contributed by atoms with van der Waals surface area (Å²) < 4.78 is 91.0. The van der Waals surface area contributed by atoms with Crippen LogP contribution in [0.15, 0.2) is 67.3 Å². The topological polar surface area (TPSA) is 235 Å². The Morgan fingerprint density at radius 1 is 0.923 bits per heavy atom. The van der Waals surface area contributed by atoms with Gasteiger partial charge in [0.2, 0.25) is 0 Å². The molecule has 21 heteroatoms. The summed E-state index contributed by atoms with van der Waals surface area (Å²) in [6.45, 7) is 0.626. The van der Waals surface area contributed by atoms with Gasteiger partial charge in [0.15, 0.2) is 15.5 Å². The molecule has 1 aromatic heterocycles. The number of hydrogen-bond acceptors (Lipinski definition) is 11. The van der Waals surface area contributed by atoms with Crippen LogP contribution in [-0.2, 0) is 51.6 Å². The molecular weight excluding hydrogens is 654 g/mol. The summed E-state index contributed by atoms with van der Waals surface area (Å²) in [7, 11) is -13.4. The van der Waals surface area contributed by atoms with Gasteiger partial charge in [-0.25, -0.2) is 17.3 Å². The van der Waals surface area contributed by atoms with E-state index in [4.69, 9.17) is 9.11 Å². The van der Waals surface area contributed by atoms with Gasteiger partial charge in [0.1, 0.15) is 11.4 Å². The number of H-pyrrole nitrogens is 1. The predicted molar refractivity (Wildman–Crippen MR) is 123 cm³/mol. The molecule has 0 atom stereocenters. The average Bonchev–Trinajstić information content (AvgIpc) is 3.05. The third-order valence-corrected chi connectivity index (χ3v) is 7.59. The van der Waals surface area contributed by atoms with Crippen LogP contribution in [0.3, 0.4) is 0 Å². The van der Waals surface area contributed by atoms with Gasteiger partial charge in [0.25, 0.3) is 15.7 Å². The first-order valence-electron chi connectivity index (χ1n) is 9.57. The average molecular weight is 672 g/mol. The Morgan fingerprint density at radius 3 is 2.03 bits per heavy atom. The van der Waals surface area contributed by atoms with E-state index < -0.39 is 54.0 Å². The SMILES string of the molecule is Cc1[nH]n(-c2ccc(S(=O)(=O)O)cc2)c(=O)c1N=Nc1cc(S(=O)(=O)CCOS(=O)(=O)O)ccc1O.[Cu].[Na+].[Na+]. The van der Waals surface area contributed by atoms with Crippen LogP contribution in [0.4, 0.5) is 11.4 Å². The van der Waals surface area contributed by atoms with Gasteiger partial charge in [-0.1, -0.05) is 0 Å². The summed E-state index contributed by atoms with van der Waals surface area (Å²) >= 11 is 0. The zero-order chi connectivity index (χ0) is 26.9. The first-order valence-corrected chi connectivity index (χ1v) is 14.0. The fourth-order valence-corrected chi connectivity index (χ4v) is 4.84. The number of rotatable bonds is 9. The normalized spacial score (nSPS) is 11.9. The van der Waals surface area contributed by atoms with Gasteiger partial charge in [0, 0.05) is 17.1 Å². The number of azo groups is 1. The van der Waals surface area contributed by atoms with E-state index in [1.165, 1.54) is 19.1 Å². The number of sulfone groups is 1. The molecule has 0 unspecified atom stereocenters. The fraction of sp³-hybridized carbons (Fsp3) is 0.167. The van der Waals surface area contributed by atoms with Crippen molar-refractivity contribution in [2.75, 3.05) is 12.4 Å². The van der Waals surface area contributed by atoms with E-state index in [-0.39, 0.29) is 109 Å². The summed E-state index contributed by atoms with van der Waals surface area (Å²) in [5.41, 5.74) is -0.798. The quantitative estimate of drug-likeness (QED) is 0.0960. The predicted octanol–water partition coefficient (Wildman–Crippen LogP) is -4.56. The van der Waals surface area contributed by atoms with Crippen LogP contribution in [0.5, 0.6) is 5.75 Å². The van der Waals surface area contributed by atoms with Gasteiger partial charge < -0.3 is 5.11 Å². The van der Waals surface area contributed by atoms with Crippen molar-refractivity contribution in [1.82, 2.24) is 9.78 Å². The third-order valence-electron chi connectivity index (χ3n) is 4.58. The van der Waals surface area contributed by atoms with Gasteiger partial charge >= 0.3 is 69.5 Å². The minimum absolute atomic E-state index is 0. The number of nitrogens with one attached hydrogen (secondary N) is 1. The van der Waals surface area contributed by atoms with Crippen molar-refractivity contribution in [3.8, 4) is 11.4 Å². The molecule has 0 aliphatic carbocycles. The summed E-state index contributed by atoms with van der Waals surface area (Å²) in [6, 6.07) is 7.65. The number of nitrogens with zero attached hydrogens (tertiary/aromatic N) is 3. The molecule has 0 spiro atoms. The molecule has 15 nitrogen and oxygen atoms in total. The zero-order valence-corrected chi connectivity index (χ0v) is 27.8. The third kappa shape index (κ3) is 10.2. The van der Waals surface area contributed by atoms with Crippen LogP contribution in [0, 0.1) is 6.92 Å². The van der Waals surface area contributed by atoms with Crippen molar-refractivity contribution in [3.63, 3.8) is 0 Å². The number of hydrogen-bond donors (Lipinski definition) is 4. The number of phenolic OH excluding ortho intramolecular Hbond substituents is 1. The van der Waals surface area contributed by atoms with Crippen molar-refractivity contribution in [1.29, 1.82) is 0 Å². The van der Waals surface area contributed by atoms with Gasteiger partial charge in [-0.05, 0) is 49.4 Å². The summed E-state index contributed by atoms with van der Waals surface area (Å²) in [5, 5.41) is 20.3. The Morgan fingerprint density at radius 2 is 1.49 bits per heavy atom. The second-order valence-electron chi connectivity index (χ2n) is 7.11. The minimum atomic E-state index is -4.83. The molecule has 1 heterocycles. The van der Waals surface area contributed by atoms with E-state index in [0.717, 1.165) is 35.0 Å². The first kappa shape index (κ1) is 38.1. The molecular formula is C18H18CuN4Na2O11S3+2. The number of phenols is 1. The van der Waals surface area contributed by atoms with E-state index in [0.29, 0.717) is 0 Å². The standard InChI is InChI=1S/C18H18N4O11S3.Cu.2Na/c1-11-17(18(24)22(21-11)12-2-4-13(5-3-12)35(27,28)29)20-19-15-10-14(6-7-16(15)23)34(25,26)9-8-33-36(30,31)32;;;/h2-7,10,21,23H,8-9H2,1H3,(H,27,28,29)(H,30,31,32);;;/q;;2*+1. The molecule has 0 amide bonds. The molecule has 39 heavy (non-hydrogen) atoms. The Bertz CT molecular complexity index is 1720. The molecule has 3 rings (SSSR count). The molecule has 0 fully saturated rings. The molecule has 3 aromatic rings. The van der Waals surface area contributed by atoms with E-state index in [9.17, 15) is 35.2 Å². The van der Waals surface area contributed by atoms with Crippen molar-refractivity contribution in [3.05, 3.63) is 58.5 Å². The molecule has 0 saturated heterocycles. The number of aromatic hydroxyl groups is 1. The number of benzene rings is 2. The van der Waals surface area contributed by atoms with Crippen LogP contribution >= 0.6 is 0 Å². The van der Waals surface area contributed by atoms with Crippen LogP contribution in [0.25, 0.3) is 5.69 Å². The van der Waals surface area contributed by atoms with Crippen molar-refractivity contribution in [2.45, 2.75) is 16.7 Å². The van der Waals surface area contributed by atoms with Crippen LogP contribution in [-0.4, -0.2) is 61.6 Å². The molecule has 0 aliphatic rings. The number of aromatic nitrogens is 2. The molecule has 2 aromatic carbocycles. The van der Waals surface area contributed by atoms with Crippen LogP contribution in [0.2, 0.25) is 0 Å². The smallest absolute Gasteiger partial charge is 0.506 e. The van der Waals surface area contributed by atoms with Gasteiger partial charge in [0.05, 0.1) is 33.5 Å². The zero-order valence-electron chi connectivity index (χ0n) is 20.4. The Balaban J connectivity index is 0.00000481. The Kier molecular flexibility index (Phi) is 14.5. The summed E-state index contributed by atoms with van der Waals surface area (Å²) in [5.74, 6) is -1.28. The first-order chi connectivity index (χ1) is 16.6. The maximum atomic E-state index is 12.8. The Labute approximate surface area is 277 Å². The minimum Gasteiger partial charge on any atom is -0.506 e. The van der Waals surface area contributed by atoms with Crippen molar-refractivity contribution in [2.24, 2.45) is 10.2 Å². The number of aryl methyl sites for hydroxylation is 1. The van der Waals surface area contributed by atoms with Gasteiger partial charge in [-0.2, -0.15) is 16.8 Å². The van der Waals surface area contributed by atoms with E-state index >= 15 is 0 Å². The van der Waals surface area contributed by atoms with Crippen LogP contribution in [0.1, 0.15) is 5.69 Å². The maximum absolute atomic E-state index is 12.8. The van der Waals surface area contributed by atoms with E-state index in [2.05, 4.69) is 19.5 Å². The molecule has 0 bridgehead atoms.